The van der Waals surface area contributed by atoms with Gasteiger partial charge in [-0.3, -0.25) is 4.79 Å². The molecular weight excluding hydrogens is 593 g/mol. The normalized spacial score (nSPS) is 13.6. The highest BCUT2D eigenvalue weighted by Crippen LogP contribution is 2.47. The zero-order valence-corrected chi connectivity index (χ0v) is 26.5. The number of benzene rings is 11. The molecule has 224 valence electrons. The number of Topliss-reactive ketones (excluding diaryl/α,β-unsaturated/α-hetero) is 1. The van der Waals surface area contributed by atoms with E-state index in [9.17, 15) is 4.79 Å². The van der Waals surface area contributed by atoms with E-state index in [0.717, 1.165) is 38.4 Å². The number of ketones is 1. The second-order valence-corrected chi connectivity index (χ2v) is 13.9. The Balaban J connectivity index is 1.33. The van der Waals surface area contributed by atoms with Gasteiger partial charge in [0, 0.05) is 17.6 Å². The number of hydrogen-bond acceptors (Lipinski definition) is 1. The number of carbonyl (C=O) groups is 1. The van der Waals surface area contributed by atoms with Gasteiger partial charge in [0.15, 0.2) is 5.78 Å². The van der Waals surface area contributed by atoms with Gasteiger partial charge < -0.3 is 0 Å². The van der Waals surface area contributed by atoms with Crippen LogP contribution in [0.25, 0.3) is 103 Å². The molecule has 0 aromatic heterocycles. The fourth-order valence-corrected chi connectivity index (χ4v) is 9.46. The summed E-state index contributed by atoms with van der Waals surface area (Å²) in [6.45, 7) is 0. The topological polar surface area (TPSA) is 17.1 Å². The van der Waals surface area contributed by atoms with Crippen molar-refractivity contribution in [2.45, 2.75) is 6.42 Å². The number of hydrogen-bond donors (Lipinski definition) is 0. The molecule has 0 atom stereocenters. The first-order valence-corrected chi connectivity index (χ1v) is 17.1. The van der Waals surface area contributed by atoms with Gasteiger partial charge in [-0.05, 0) is 114 Å². The van der Waals surface area contributed by atoms with Crippen LogP contribution < -0.4 is 5.22 Å². The predicted molar refractivity (Wildman–Crippen MR) is 207 cm³/mol. The van der Waals surface area contributed by atoms with Crippen molar-refractivity contribution in [1.29, 1.82) is 0 Å². The Hall–Kier alpha value is -6.31. The van der Waals surface area contributed by atoms with Crippen molar-refractivity contribution in [3.63, 3.8) is 0 Å². The Kier molecular flexibility index (Phi) is 4.72. The maximum absolute atomic E-state index is 14.8. The smallest absolute Gasteiger partial charge is 0.168 e. The lowest BCUT2D eigenvalue weighted by Crippen LogP contribution is -2.24. The molecule has 0 amide bonds. The van der Waals surface area contributed by atoms with E-state index in [-0.39, 0.29) is 5.78 Å². The Morgan fingerprint density at radius 2 is 0.837 bits per heavy atom. The zero-order chi connectivity index (χ0) is 32.0. The highest BCUT2D eigenvalue weighted by molar-refractivity contribution is 6.35. The van der Waals surface area contributed by atoms with Crippen molar-refractivity contribution in [2.24, 2.45) is 0 Å². The van der Waals surface area contributed by atoms with Crippen LogP contribution >= 0.6 is 0 Å². The van der Waals surface area contributed by atoms with Gasteiger partial charge in [-0.1, -0.05) is 140 Å². The van der Waals surface area contributed by atoms with Crippen LogP contribution in [0.3, 0.4) is 0 Å². The second kappa shape index (κ2) is 8.98. The summed E-state index contributed by atoms with van der Waals surface area (Å²) in [6, 6.07) is 53.4. The molecule has 0 fully saturated rings. The van der Waals surface area contributed by atoms with E-state index in [1.165, 1.54) is 80.8 Å². The first kappa shape index (κ1) is 25.7. The highest BCUT2D eigenvalue weighted by Gasteiger charge is 2.28. The van der Waals surface area contributed by atoms with Gasteiger partial charge in [-0.25, -0.2) is 0 Å². The molecule has 0 radical (unpaired) electrons. The van der Waals surface area contributed by atoms with Crippen molar-refractivity contribution in [3.05, 3.63) is 162 Å². The molecule has 0 N–H and O–H groups in total. The molecule has 1 heteroatoms. The van der Waals surface area contributed by atoms with Crippen LogP contribution in [0.2, 0.25) is 0 Å². The van der Waals surface area contributed by atoms with E-state index in [0.29, 0.717) is 6.42 Å². The van der Waals surface area contributed by atoms with Gasteiger partial charge >= 0.3 is 0 Å². The van der Waals surface area contributed by atoms with Crippen LogP contribution in [-0.4, -0.2) is 5.78 Å². The molecule has 0 unspecified atom stereocenters. The summed E-state index contributed by atoms with van der Waals surface area (Å²) in [4.78, 5) is 14.8. The van der Waals surface area contributed by atoms with Crippen LogP contribution in [-0.2, 0) is 11.2 Å². The van der Waals surface area contributed by atoms with Gasteiger partial charge in [0.25, 0.3) is 0 Å². The summed E-state index contributed by atoms with van der Waals surface area (Å²) < 4.78 is 0. The largest absolute Gasteiger partial charge is 0.294 e. The van der Waals surface area contributed by atoms with E-state index in [1.54, 1.807) is 0 Å². The summed E-state index contributed by atoms with van der Waals surface area (Å²) in [5.74, 6) is 0.180. The third kappa shape index (κ3) is 3.23. The molecule has 0 aliphatic heterocycles. The van der Waals surface area contributed by atoms with Crippen molar-refractivity contribution < 1.29 is 4.79 Å². The minimum atomic E-state index is 0.180. The lowest BCUT2D eigenvalue weighted by molar-refractivity contribution is -0.113. The average molecular weight is 619 g/mol. The molecule has 12 rings (SSSR count). The lowest BCUT2D eigenvalue weighted by atomic mass is 9.78. The van der Waals surface area contributed by atoms with E-state index in [4.69, 9.17) is 0 Å². The van der Waals surface area contributed by atoms with Crippen LogP contribution in [0.15, 0.2) is 146 Å². The summed E-state index contributed by atoms with van der Waals surface area (Å²) >= 11 is 0. The Morgan fingerprint density at radius 1 is 0.367 bits per heavy atom. The molecule has 0 saturated heterocycles. The van der Waals surface area contributed by atoms with Crippen molar-refractivity contribution in [2.75, 3.05) is 0 Å². The molecule has 0 saturated carbocycles. The average Bonchev–Trinajstić information content (AvgIpc) is 3.15. The summed E-state index contributed by atoms with van der Waals surface area (Å²) in [5.41, 5.74) is 5.28. The lowest BCUT2D eigenvalue weighted by Gasteiger charge is -2.24. The third-order valence-electron chi connectivity index (χ3n) is 11.5. The first-order valence-electron chi connectivity index (χ1n) is 17.1. The molecule has 0 heterocycles. The van der Waals surface area contributed by atoms with Gasteiger partial charge in [-0.15, -0.1) is 0 Å². The molecule has 0 spiro atoms. The van der Waals surface area contributed by atoms with Crippen LogP contribution in [0.4, 0.5) is 0 Å². The quantitative estimate of drug-likeness (QED) is 0.176. The van der Waals surface area contributed by atoms with Gasteiger partial charge in [-0.2, -0.15) is 0 Å². The van der Waals surface area contributed by atoms with Crippen LogP contribution in [0.5, 0.6) is 0 Å². The summed E-state index contributed by atoms with van der Waals surface area (Å²) in [6.07, 6.45) is 0.395. The van der Waals surface area contributed by atoms with Crippen LogP contribution in [0.1, 0.15) is 11.1 Å². The first-order chi connectivity index (χ1) is 24.2. The summed E-state index contributed by atoms with van der Waals surface area (Å²) in [7, 11) is 0. The van der Waals surface area contributed by atoms with E-state index < -0.39 is 0 Å². The molecule has 11 aromatic carbocycles. The highest BCUT2D eigenvalue weighted by atomic mass is 16.1. The molecule has 1 nitrogen and oxygen atoms in total. The fraction of sp³-hybridized carbons (Fsp3) is 0.0208. The Bertz CT molecular complexity index is 3260. The van der Waals surface area contributed by atoms with E-state index in [1.807, 2.05) is 0 Å². The molecular formula is C48H26O. The van der Waals surface area contributed by atoms with Gasteiger partial charge in [0.1, 0.15) is 0 Å². The van der Waals surface area contributed by atoms with Gasteiger partial charge in [0.2, 0.25) is 0 Å². The summed E-state index contributed by atoms with van der Waals surface area (Å²) in [5, 5.41) is 20.8. The molecule has 11 aromatic rings. The molecule has 49 heavy (non-hydrogen) atoms. The van der Waals surface area contributed by atoms with E-state index >= 15 is 0 Å². The SMILES string of the molecule is O=C1Cc2ccc3cccc4ccc(c2c34)=C1c1c(-c2ccc3ccc4cccc5ccc2c3c45)cc2ccc3cccc4ccc1c2c34. The van der Waals surface area contributed by atoms with Crippen molar-refractivity contribution in [3.8, 4) is 11.1 Å². The fourth-order valence-electron chi connectivity index (χ4n) is 9.46. The molecule has 0 bridgehead atoms. The van der Waals surface area contributed by atoms with Crippen LogP contribution in [0, 0.1) is 0 Å². The molecule has 1 aliphatic carbocycles. The Labute approximate surface area is 281 Å². The monoisotopic (exact) mass is 618 g/mol. The molecule has 1 aliphatic rings. The second-order valence-electron chi connectivity index (χ2n) is 13.9. The minimum absolute atomic E-state index is 0.180. The number of rotatable bonds is 2. The Morgan fingerprint density at radius 3 is 1.49 bits per heavy atom. The van der Waals surface area contributed by atoms with Crippen molar-refractivity contribution in [1.82, 2.24) is 0 Å². The standard InChI is InChI=1S/C48H26O/c49-40-25-34-15-13-28-6-3-9-31-19-23-38(46(34)43(28)31)48(40)47-37-22-18-30-8-2-5-27-12-14-33(45(37)42(27)30)24-39(47)35-20-16-32-11-10-26-4-1-7-29-17-21-36(35)44(32)41(26)29/h1-24H,25H2. The number of carbonyl (C=O) groups excluding carboxylic acids is 1. The zero-order valence-electron chi connectivity index (χ0n) is 26.5. The van der Waals surface area contributed by atoms with Crippen molar-refractivity contribution >= 4 is 97.5 Å². The predicted octanol–water partition coefficient (Wildman–Crippen LogP) is 11.5. The van der Waals surface area contributed by atoms with E-state index in [2.05, 4.69) is 146 Å². The minimum Gasteiger partial charge on any atom is -0.294 e. The maximum atomic E-state index is 14.8. The maximum Gasteiger partial charge on any atom is 0.168 e. The third-order valence-corrected chi connectivity index (χ3v) is 11.5. The van der Waals surface area contributed by atoms with Gasteiger partial charge in [0.05, 0.1) is 0 Å².